The molecule has 0 aromatic rings. The zero-order valence-electron chi connectivity index (χ0n) is 12.8. The van der Waals surface area contributed by atoms with E-state index in [9.17, 15) is 4.79 Å². The number of ether oxygens (including phenoxy) is 2. The van der Waals surface area contributed by atoms with Crippen LogP contribution in [0.2, 0.25) is 0 Å². The van der Waals surface area contributed by atoms with Gasteiger partial charge >= 0.3 is 0 Å². The van der Waals surface area contributed by atoms with Crippen molar-refractivity contribution in [3.8, 4) is 0 Å². The Morgan fingerprint density at radius 2 is 1.90 bits per heavy atom. The van der Waals surface area contributed by atoms with Gasteiger partial charge in [-0.1, -0.05) is 32.9 Å². The third-order valence-corrected chi connectivity index (χ3v) is 4.83. The van der Waals surface area contributed by atoms with Gasteiger partial charge in [0.25, 0.3) is 0 Å². The normalized spacial score (nSPS) is 38.5. The summed E-state index contributed by atoms with van der Waals surface area (Å²) >= 11 is 0. The molecule has 1 saturated heterocycles. The Balaban J connectivity index is 1.98. The largest absolute Gasteiger partial charge is 0.345 e. The molecule has 0 amide bonds. The van der Waals surface area contributed by atoms with E-state index in [1.54, 1.807) is 0 Å². The van der Waals surface area contributed by atoms with E-state index in [2.05, 4.69) is 32.9 Å². The number of rotatable bonds is 0. The molecule has 0 unspecified atom stereocenters. The summed E-state index contributed by atoms with van der Waals surface area (Å²) in [6.45, 7) is 9.64. The minimum Gasteiger partial charge on any atom is -0.345 e. The van der Waals surface area contributed by atoms with Crippen molar-refractivity contribution in [1.29, 1.82) is 0 Å². The molecule has 3 atom stereocenters. The first-order valence-corrected chi connectivity index (χ1v) is 7.53. The number of fused-ring (bicyclic) bond motifs is 2. The first kappa shape index (κ1) is 14.0. The van der Waals surface area contributed by atoms with Crippen molar-refractivity contribution in [1.82, 2.24) is 0 Å². The van der Waals surface area contributed by atoms with E-state index < -0.39 is 5.79 Å². The minimum absolute atomic E-state index is 0.00814. The van der Waals surface area contributed by atoms with E-state index in [1.807, 2.05) is 13.0 Å². The van der Waals surface area contributed by atoms with Crippen LogP contribution in [-0.2, 0) is 14.3 Å². The molecule has 1 spiro atoms. The fraction of sp³-hybridized carbons (Fsp3) is 0.706. The summed E-state index contributed by atoms with van der Waals surface area (Å²) in [4.78, 5) is 12.5. The molecule has 2 aliphatic carbocycles. The summed E-state index contributed by atoms with van der Waals surface area (Å²) in [7, 11) is 0. The molecule has 0 saturated carbocycles. The molecule has 0 aromatic heterocycles. The number of hydrogen-bond acceptors (Lipinski definition) is 3. The highest BCUT2D eigenvalue weighted by atomic mass is 16.7. The second-order valence-corrected chi connectivity index (χ2v) is 7.31. The summed E-state index contributed by atoms with van der Waals surface area (Å²) in [6, 6.07) is 0. The van der Waals surface area contributed by atoms with Gasteiger partial charge in [0.2, 0.25) is 0 Å². The van der Waals surface area contributed by atoms with Gasteiger partial charge in [-0.05, 0) is 30.9 Å². The van der Waals surface area contributed by atoms with E-state index in [0.717, 1.165) is 12.0 Å². The Labute approximate surface area is 121 Å². The van der Waals surface area contributed by atoms with Crippen LogP contribution in [0.3, 0.4) is 0 Å². The third kappa shape index (κ3) is 2.08. The van der Waals surface area contributed by atoms with Crippen molar-refractivity contribution >= 4 is 5.78 Å². The highest BCUT2D eigenvalue weighted by molar-refractivity contribution is 5.98. The van der Waals surface area contributed by atoms with Crippen LogP contribution in [0.15, 0.2) is 23.8 Å². The van der Waals surface area contributed by atoms with Crippen LogP contribution in [0.5, 0.6) is 0 Å². The van der Waals surface area contributed by atoms with E-state index >= 15 is 0 Å². The van der Waals surface area contributed by atoms with Crippen molar-refractivity contribution < 1.29 is 14.3 Å². The Kier molecular flexibility index (Phi) is 3.18. The van der Waals surface area contributed by atoms with Gasteiger partial charge in [-0.25, -0.2) is 0 Å². The molecule has 0 bridgehead atoms. The lowest BCUT2D eigenvalue weighted by Crippen LogP contribution is -2.57. The number of ketones is 1. The second kappa shape index (κ2) is 4.54. The van der Waals surface area contributed by atoms with E-state index in [0.29, 0.717) is 13.2 Å². The molecule has 1 aliphatic heterocycles. The molecule has 0 aromatic carbocycles. The Hall–Kier alpha value is -0.930. The predicted molar refractivity (Wildman–Crippen MR) is 77.1 cm³/mol. The first-order chi connectivity index (χ1) is 9.35. The molecular formula is C17H24O3. The fourth-order valence-corrected chi connectivity index (χ4v) is 3.65. The third-order valence-electron chi connectivity index (χ3n) is 4.83. The maximum Gasteiger partial charge on any atom is 0.192 e. The number of Topliss-reactive ketones (excluding diaryl/α,β-unsaturated/α-hetero) is 1. The quantitative estimate of drug-likeness (QED) is 0.638. The summed E-state index contributed by atoms with van der Waals surface area (Å²) in [6.07, 6.45) is 7.10. The van der Waals surface area contributed by atoms with Gasteiger partial charge in [0, 0.05) is 17.3 Å². The average Bonchev–Trinajstić information content (AvgIpc) is 2.39. The van der Waals surface area contributed by atoms with Gasteiger partial charge in [0.05, 0.1) is 13.2 Å². The molecule has 0 radical (unpaired) electrons. The molecule has 0 N–H and O–H groups in total. The summed E-state index contributed by atoms with van der Waals surface area (Å²) in [5, 5.41) is 0. The molecule has 3 aliphatic rings. The average molecular weight is 276 g/mol. The molecule has 1 fully saturated rings. The maximum atomic E-state index is 12.5. The first-order valence-electron chi connectivity index (χ1n) is 7.53. The van der Waals surface area contributed by atoms with Crippen LogP contribution in [0.1, 0.15) is 34.1 Å². The van der Waals surface area contributed by atoms with Crippen LogP contribution in [0.4, 0.5) is 0 Å². The van der Waals surface area contributed by atoms with Crippen LogP contribution < -0.4 is 0 Å². The van der Waals surface area contributed by atoms with Crippen molar-refractivity contribution in [2.75, 3.05) is 13.2 Å². The molecule has 3 nitrogen and oxygen atoms in total. The highest BCUT2D eigenvalue weighted by Crippen LogP contribution is 2.48. The van der Waals surface area contributed by atoms with Crippen molar-refractivity contribution in [3.05, 3.63) is 23.8 Å². The van der Waals surface area contributed by atoms with Crippen molar-refractivity contribution in [3.63, 3.8) is 0 Å². The lowest BCUT2D eigenvalue weighted by atomic mass is 9.65. The van der Waals surface area contributed by atoms with Crippen LogP contribution in [0.25, 0.3) is 0 Å². The molecule has 1 heterocycles. The summed E-state index contributed by atoms with van der Waals surface area (Å²) in [5.74, 6) is -0.0866. The van der Waals surface area contributed by atoms with E-state index in [-0.39, 0.29) is 29.0 Å². The topological polar surface area (TPSA) is 35.5 Å². The maximum absolute atomic E-state index is 12.5. The summed E-state index contributed by atoms with van der Waals surface area (Å²) in [5.41, 5.74) is 0.827. The smallest absolute Gasteiger partial charge is 0.192 e. The number of hydrogen-bond donors (Lipinski definition) is 0. The number of carbonyl (C=O) groups is 1. The van der Waals surface area contributed by atoms with Gasteiger partial charge in [-0.15, -0.1) is 0 Å². The molecule has 3 heteroatoms. The van der Waals surface area contributed by atoms with Crippen molar-refractivity contribution in [2.45, 2.75) is 39.9 Å². The lowest BCUT2D eigenvalue weighted by Gasteiger charge is -2.51. The Morgan fingerprint density at radius 1 is 1.25 bits per heavy atom. The highest BCUT2D eigenvalue weighted by Gasteiger charge is 2.54. The summed E-state index contributed by atoms with van der Waals surface area (Å²) < 4.78 is 12.3. The van der Waals surface area contributed by atoms with Gasteiger partial charge in [0.15, 0.2) is 11.6 Å². The van der Waals surface area contributed by atoms with Crippen LogP contribution >= 0.6 is 0 Å². The molecule has 3 rings (SSSR count). The van der Waals surface area contributed by atoms with Gasteiger partial charge < -0.3 is 9.47 Å². The lowest BCUT2D eigenvalue weighted by molar-refractivity contribution is -0.304. The predicted octanol–water partition coefficient (Wildman–Crippen LogP) is 3.11. The van der Waals surface area contributed by atoms with E-state index in [4.69, 9.17) is 9.47 Å². The zero-order chi connectivity index (χ0) is 14.5. The van der Waals surface area contributed by atoms with Crippen LogP contribution in [0, 0.1) is 23.2 Å². The van der Waals surface area contributed by atoms with Gasteiger partial charge in [-0.2, -0.15) is 0 Å². The van der Waals surface area contributed by atoms with Gasteiger partial charge in [-0.3, -0.25) is 4.79 Å². The van der Waals surface area contributed by atoms with Crippen LogP contribution in [-0.4, -0.2) is 24.8 Å². The number of carbonyl (C=O) groups excluding carboxylic acids is 1. The molecular weight excluding hydrogens is 252 g/mol. The van der Waals surface area contributed by atoms with Gasteiger partial charge in [0.1, 0.15) is 0 Å². The minimum atomic E-state index is -0.697. The Bertz CT molecular complexity index is 476. The number of allylic oxidation sites excluding steroid dienone is 3. The zero-order valence-corrected chi connectivity index (χ0v) is 12.8. The van der Waals surface area contributed by atoms with E-state index in [1.165, 1.54) is 0 Å². The fourth-order valence-electron chi connectivity index (χ4n) is 3.65. The monoisotopic (exact) mass is 276 g/mol. The Morgan fingerprint density at radius 3 is 2.55 bits per heavy atom. The molecule has 20 heavy (non-hydrogen) atoms. The second-order valence-electron chi connectivity index (χ2n) is 7.31. The van der Waals surface area contributed by atoms with Crippen molar-refractivity contribution in [2.24, 2.45) is 23.2 Å². The SMILES string of the molecule is CC1=CC2(OCC(C)(C)CO2)[C@@H]2CC=C[C@H](C)[C@@H]2C1=O. The molecule has 110 valence electrons. The standard InChI is InChI=1S/C17H24O3/c1-11-6-5-7-13-14(11)15(18)12(2)8-17(13)19-9-16(3,4)10-20-17/h5-6,8,11,13-14H,7,9-10H2,1-4H3/t11-,13+,14-/m0/s1.